The average molecular weight is 445 g/mol. The Balaban J connectivity index is 1.72. The van der Waals surface area contributed by atoms with Crippen molar-refractivity contribution < 1.29 is 13.2 Å². The van der Waals surface area contributed by atoms with Crippen molar-refractivity contribution in [3.05, 3.63) is 60.2 Å². The van der Waals surface area contributed by atoms with E-state index < -0.39 is 10.0 Å². The van der Waals surface area contributed by atoms with Crippen molar-refractivity contribution in [1.82, 2.24) is 14.5 Å². The first kappa shape index (κ1) is 22.1. The molecule has 158 valence electrons. The summed E-state index contributed by atoms with van der Waals surface area (Å²) in [6.07, 6.45) is 1.49. The van der Waals surface area contributed by atoms with E-state index in [0.29, 0.717) is 28.8 Å². The molecule has 9 heteroatoms. The second-order valence-corrected chi connectivity index (χ2v) is 9.58. The maximum Gasteiger partial charge on any atom is 0.257 e. The van der Waals surface area contributed by atoms with E-state index in [2.05, 4.69) is 15.5 Å². The summed E-state index contributed by atoms with van der Waals surface area (Å²) < 4.78 is 27.1. The molecule has 1 amide bonds. The van der Waals surface area contributed by atoms with E-state index in [0.717, 1.165) is 18.4 Å². The number of carbonyl (C=O) groups is 1. The second kappa shape index (κ2) is 9.92. The normalized spacial score (nSPS) is 11.6. The van der Waals surface area contributed by atoms with E-state index in [4.69, 9.17) is 0 Å². The summed E-state index contributed by atoms with van der Waals surface area (Å²) in [5.41, 5.74) is 1.27. The predicted octanol–water partition coefficient (Wildman–Crippen LogP) is 4.27. The van der Waals surface area contributed by atoms with E-state index in [9.17, 15) is 13.2 Å². The van der Waals surface area contributed by atoms with E-state index in [1.807, 2.05) is 44.2 Å². The summed E-state index contributed by atoms with van der Waals surface area (Å²) in [7, 11) is -3.57. The van der Waals surface area contributed by atoms with Gasteiger partial charge in [-0.2, -0.15) is 4.31 Å². The van der Waals surface area contributed by atoms with E-state index in [1.54, 1.807) is 0 Å². The number of rotatable bonds is 9. The molecule has 0 saturated carbocycles. The third-order valence-electron chi connectivity index (χ3n) is 4.37. The minimum Gasteiger partial charge on any atom is -0.296 e. The minimum absolute atomic E-state index is 0.184. The van der Waals surface area contributed by atoms with Crippen molar-refractivity contribution in [1.29, 1.82) is 0 Å². The van der Waals surface area contributed by atoms with Gasteiger partial charge in [-0.15, -0.1) is 10.2 Å². The molecule has 1 heterocycles. The fourth-order valence-electron chi connectivity index (χ4n) is 2.92. The van der Waals surface area contributed by atoms with Gasteiger partial charge in [-0.3, -0.25) is 10.1 Å². The van der Waals surface area contributed by atoms with Crippen molar-refractivity contribution in [3.8, 4) is 10.6 Å². The van der Waals surface area contributed by atoms with Crippen LogP contribution in [0.25, 0.3) is 10.6 Å². The second-order valence-electron chi connectivity index (χ2n) is 6.66. The predicted molar refractivity (Wildman–Crippen MR) is 119 cm³/mol. The van der Waals surface area contributed by atoms with Gasteiger partial charge >= 0.3 is 0 Å². The van der Waals surface area contributed by atoms with E-state index >= 15 is 0 Å². The molecule has 1 N–H and O–H groups in total. The maximum absolute atomic E-state index is 12.8. The van der Waals surface area contributed by atoms with Crippen LogP contribution in [0.15, 0.2) is 59.5 Å². The smallest absolute Gasteiger partial charge is 0.257 e. The Kier molecular flexibility index (Phi) is 7.30. The molecule has 7 nitrogen and oxygen atoms in total. The van der Waals surface area contributed by atoms with Gasteiger partial charge in [-0.05, 0) is 37.1 Å². The number of aromatic nitrogens is 2. The van der Waals surface area contributed by atoms with Gasteiger partial charge in [-0.1, -0.05) is 55.5 Å². The van der Waals surface area contributed by atoms with Crippen molar-refractivity contribution in [2.24, 2.45) is 0 Å². The largest absolute Gasteiger partial charge is 0.296 e. The van der Waals surface area contributed by atoms with Crippen LogP contribution in [0, 0.1) is 0 Å². The topological polar surface area (TPSA) is 92.3 Å². The minimum atomic E-state index is -3.57. The number of carbonyl (C=O) groups excluding carboxylic acids is 1. The van der Waals surface area contributed by atoms with Crippen LogP contribution in [-0.4, -0.2) is 41.9 Å². The van der Waals surface area contributed by atoms with Gasteiger partial charge in [0.1, 0.15) is 5.01 Å². The van der Waals surface area contributed by atoms with Crippen molar-refractivity contribution >= 4 is 32.4 Å². The lowest BCUT2D eigenvalue weighted by molar-refractivity contribution is 0.102. The van der Waals surface area contributed by atoms with Gasteiger partial charge < -0.3 is 0 Å². The molecule has 0 aliphatic carbocycles. The first-order valence-corrected chi connectivity index (χ1v) is 12.0. The van der Waals surface area contributed by atoms with Gasteiger partial charge in [0.2, 0.25) is 15.2 Å². The van der Waals surface area contributed by atoms with Crippen LogP contribution in [0.1, 0.15) is 37.0 Å². The zero-order valence-corrected chi connectivity index (χ0v) is 18.5. The Bertz CT molecular complexity index is 1070. The molecular weight excluding hydrogens is 420 g/mol. The number of nitrogens with zero attached hydrogens (tertiary/aromatic N) is 3. The summed E-state index contributed by atoms with van der Waals surface area (Å²) >= 11 is 1.27. The van der Waals surface area contributed by atoms with E-state index in [-0.39, 0.29) is 10.8 Å². The number of anilines is 1. The summed E-state index contributed by atoms with van der Waals surface area (Å²) in [6.45, 7) is 4.84. The monoisotopic (exact) mass is 444 g/mol. The van der Waals surface area contributed by atoms with E-state index in [1.165, 1.54) is 39.9 Å². The van der Waals surface area contributed by atoms with Gasteiger partial charge in [0.15, 0.2) is 0 Å². The van der Waals surface area contributed by atoms with Crippen LogP contribution in [0.2, 0.25) is 0 Å². The highest BCUT2D eigenvalue weighted by molar-refractivity contribution is 7.89. The molecule has 0 saturated heterocycles. The Morgan fingerprint density at radius 2 is 1.60 bits per heavy atom. The fourth-order valence-corrected chi connectivity index (χ4v) is 5.29. The molecule has 3 aromatic rings. The molecule has 0 aliphatic heterocycles. The first-order chi connectivity index (χ1) is 14.5. The summed E-state index contributed by atoms with van der Waals surface area (Å²) in [5, 5.41) is 11.9. The summed E-state index contributed by atoms with van der Waals surface area (Å²) in [5.74, 6) is -0.367. The van der Waals surface area contributed by atoms with Gasteiger partial charge in [0.05, 0.1) is 4.90 Å². The molecule has 30 heavy (non-hydrogen) atoms. The van der Waals surface area contributed by atoms with Crippen LogP contribution in [0.3, 0.4) is 0 Å². The molecule has 0 unspecified atom stereocenters. The first-order valence-electron chi connectivity index (χ1n) is 9.76. The number of sulfonamides is 1. The van der Waals surface area contributed by atoms with Crippen LogP contribution < -0.4 is 5.32 Å². The van der Waals surface area contributed by atoms with Gasteiger partial charge in [-0.25, -0.2) is 8.42 Å². The van der Waals surface area contributed by atoms with Gasteiger partial charge in [0, 0.05) is 24.2 Å². The van der Waals surface area contributed by atoms with Crippen molar-refractivity contribution in [2.45, 2.75) is 31.6 Å². The summed E-state index contributed by atoms with van der Waals surface area (Å²) in [6, 6.07) is 15.5. The number of hydrogen-bond acceptors (Lipinski definition) is 6. The Hall–Kier alpha value is -2.62. The quantitative estimate of drug-likeness (QED) is 0.532. The molecule has 0 aliphatic rings. The SMILES string of the molecule is CCCN(CCC)S(=O)(=O)c1ccc(C(=O)Nc2nnc(-c3ccccc3)s2)cc1. The average Bonchev–Trinajstić information content (AvgIpc) is 3.23. The molecule has 0 fully saturated rings. The third-order valence-corrected chi connectivity index (χ3v) is 7.17. The van der Waals surface area contributed by atoms with Crippen LogP contribution in [-0.2, 0) is 10.0 Å². The molecule has 0 atom stereocenters. The van der Waals surface area contributed by atoms with Crippen LogP contribution >= 0.6 is 11.3 Å². The standard InChI is InChI=1S/C21H24N4O3S2/c1-3-14-25(15-4-2)30(27,28)18-12-10-16(11-13-18)19(26)22-21-24-23-20(29-21)17-8-6-5-7-9-17/h5-13H,3-4,14-15H2,1-2H3,(H,22,24,26). The lowest BCUT2D eigenvalue weighted by Gasteiger charge is -2.21. The van der Waals surface area contributed by atoms with Crippen LogP contribution in [0.5, 0.6) is 0 Å². The van der Waals surface area contributed by atoms with Crippen LogP contribution in [0.4, 0.5) is 5.13 Å². The third kappa shape index (κ3) is 5.10. The number of benzene rings is 2. The number of amides is 1. The molecule has 0 bridgehead atoms. The van der Waals surface area contributed by atoms with Crippen molar-refractivity contribution in [3.63, 3.8) is 0 Å². The lowest BCUT2D eigenvalue weighted by Crippen LogP contribution is -2.32. The zero-order valence-electron chi connectivity index (χ0n) is 16.9. The molecular formula is C21H24N4O3S2. The number of hydrogen-bond donors (Lipinski definition) is 1. The zero-order chi connectivity index (χ0) is 21.6. The molecule has 2 aromatic carbocycles. The number of nitrogens with one attached hydrogen (secondary N) is 1. The Morgan fingerprint density at radius 3 is 2.20 bits per heavy atom. The Labute approximate surface area is 180 Å². The highest BCUT2D eigenvalue weighted by Gasteiger charge is 2.23. The molecule has 3 rings (SSSR count). The highest BCUT2D eigenvalue weighted by atomic mass is 32.2. The fraction of sp³-hybridized carbons (Fsp3) is 0.286. The summed E-state index contributed by atoms with van der Waals surface area (Å²) in [4.78, 5) is 12.7. The van der Waals surface area contributed by atoms with Crippen molar-refractivity contribution in [2.75, 3.05) is 18.4 Å². The molecule has 0 radical (unpaired) electrons. The lowest BCUT2D eigenvalue weighted by atomic mass is 10.2. The highest BCUT2D eigenvalue weighted by Crippen LogP contribution is 2.26. The Morgan fingerprint density at radius 1 is 0.967 bits per heavy atom. The maximum atomic E-state index is 12.8. The van der Waals surface area contributed by atoms with Gasteiger partial charge in [0.25, 0.3) is 5.91 Å². The molecule has 1 aromatic heterocycles. The molecule has 0 spiro atoms.